The van der Waals surface area contributed by atoms with E-state index in [1.54, 1.807) is 19.9 Å². The van der Waals surface area contributed by atoms with Gasteiger partial charge in [-0.15, -0.1) is 0 Å². The molecule has 0 saturated carbocycles. The van der Waals surface area contributed by atoms with Gasteiger partial charge in [0.15, 0.2) is 0 Å². The van der Waals surface area contributed by atoms with Crippen LogP contribution in [0.15, 0.2) is 21.1 Å². The fourth-order valence-corrected chi connectivity index (χ4v) is 2.13. The van der Waals surface area contributed by atoms with Crippen molar-refractivity contribution in [3.05, 3.63) is 32.2 Å². The van der Waals surface area contributed by atoms with Gasteiger partial charge in [0.05, 0.1) is 24.3 Å². The van der Waals surface area contributed by atoms with Gasteiger partial charge in [0, 0.05) is 8.95 Å². The molecule has 1 rings (SSSR count). The van der Waals surface area contributed by atoms with Crippen LogP contribution in [0.5, 0.6) is 0 Å². The first-order valence-corrected chi connectivity index (χ1v) is 6.93. The van der Waals surface area contributed by atoms with Crippen LogP contribution in [0, 0.1) is 0 Å². The first kappa shape index (κ1) is 15.2. The molecule has 1 aromatic carbocycles. The van der Waals surface area contributed by atoms with Crippen molar-refractivity contribution in [3.63, 3.8) is 0 Å². The Morgan fingerprint density at radius 1 is 1.06 bits per heavy atom. The van der Waals surface area contributed by atoms with Crippen molar-refractivity contribution in [1.29, 1.82) is 0 Å². The van der Waals surface area contributed by atoms with Crippen LogP contribution in [-0.2, 0) is 9.47 Å². The second kappa shape index (κ2) is 6.89. The van der Waals surface area contributed by atoms with Crippen molar-refractivity contribution in [2.24, 2.45) is 0 Å². The zero-order valence-corrected chi connectivity index (χ0v) is 13.1. The smallest absolute Gasteiger partial charge is 0.339 e. The summed E-state index contributed by atoms with van der Waals surface area (Å²) in [6.45, 7) is 3.99. The zero-order valence-electron chi connectivity index (χ0n) is 9.96. The Kier molecular flexibility index (Phi) is 5.81. The van der Waals surface area contributed by atoms with E-state index in [1.165, 1.54) is 6.07 Å². The average Bonchev–Trinajstić information content (AvgIpc) is 2.32. The van der Waals surface area contributed by atoms with Crippen molar-refractivity contribution in [1.82, 2.24) is 0 Å². The van der Waals surface area contributed by atoms with Gasteiger partial charge in [0.2, 0.25) is 0 Å². The molecule has 0 aromatic heterocycles. The highest BCUT2D eigenvalue weighted by Crippen LogP contribution is 2.29. The van der Waals surface area contributed by atoms with Crippen LogP contribution in [0.3, 0.4) is 0 Å². The zero-order chi connectivity index (χ0) is 13.7. The normalized spacial score (nSPS) is 10.0. The minimum Gasteiger partial charge on any atom is -0.462 e. The maximum atomic E-state index is 11.7. The summed E-state index contributed by atoms with van der Waals surface area (Å²) >= 11 is 6.55. The predicted octanol–water partition coefficient (Wildman–Crippen LogP) is 3.57. The van der Waals surface area contributed by atoms with Gasteiger partial charge >= 0.3 is 11.9 Å². The standard InChI is InChI=1S/C12H12Br2O4/c1-3-17-11(15)7-5-8(12(16)18-4-2)10(14)9(13)6-7/h5-6H,3-4H2,1-2H3. The first-order chi connectivity index (χ1) is 8.51. The van der Waals surface area contributed by atoms with E-state index >= 15 is 0 Å². The Balaban J connectivity index is 3.18. The van der Waals surface area contributed by atoms with Crippen LogP contribution < -0.4 is 0 Å². The molecular formula is C12H12Br2O4. The molecule has 0 N–H and O–H groups in total. The number of carbonyl (C=O) groups excluding carboxylic acids is 2. The van der Waals surface area contributed by atoms with E-state index in [9.17, 15) is 9.59 Å². The lowest BCUT2D eigenvalue weighted by Gasteiger charge is -2.09. The summed E-state index contributed by atoms with van der Waals surface area (Å²) in [5, 5.41) is 0. The molecule has 0 radical (unpaired) electrons. The molecule has 0 aliphatic heterocycles. The fraction of sp³-hybridized carbons (Fsp3) is 0.333. The van der Waals surface area contributed by atoms with Crippen LogP contribution in [0.25, 0.3) is 0 Å². The molecule has 0 aliphatic rings. The van der Waals surface area contributed by atoms with Gasteiger partial charge in [-0.2, -0.15) is 0 Å². The summed E-state index contributed by atoms with van der Waals surface area (Å²) in [6, 6.07) is 3.04. The van der Waals surface area contributed by atoms with Crippen LogP contribution >= 0.6 is 31.9 Å². The number of carbonyl (C=O) groups is 2. The predicted molar refractivity (Wildman–Crippen MR) is 73.8 cm³/mol. The molecule has 0 fully saturated rings. The largest absolute Gasteiger partial charge is 0.462 e. The van der Waals surface area contributed by atoms with E-state index in [4.69, 9.17) is 9.47 Å². The number of hydrogen-bond acceptors (Lipinski definition) is 4. The van der Waals surface area contributed by atoms with E-state index in [0.29, 0.717) is 14.5 Å². The Hall–Kier alpha value is -0.880. The van der Waals surface area contributed by atoms with E-state index in [0.717, 1.165) is 0 Å². The Labute approximate surface area is 122 Å². The summed E-state index contributed by atoms with van der Waals surface area (Å²) in [5.74, 6) is -0.965. The SMILES string of the molecule is CCOC(=O)c1cc(Br)c(Br)c(C(=O)OCC)c1. The molecule has 0 spiro atoms. The maximum Gasteiger partial charge on any atom is 0.339 e. The molecule has 0 amide bonds. The van der Waals surface area contributed by atoms with Gasteiger partial charge in [0.1, 0.15) is 0 Å². The highest BCUT2D eigenvalue weighted by Gasteiger charge is 2.18. The third-order valence-electron chi connectivity index (χ3n) is 2.03. The van der Waals surface area contributed by atoms with Crippen molar-refractivity contribution >= 4 is 43.8 Å². The Morgan fingerprint density at radius 3 is 2.17 bits per heavy atom. The first-order valence-electron chi connectivity index (χ1n) is 5.34. The maximum absolute atomic E-state index is 11.7. The van der Waals surface area contributed by atoms with E-state index in [1.807, 2.05) is 0 Å². The highest BCUT2D eigenvalue weighted by molar-refractivity contribution is 9.13. The molecule has 4 nitrogen and oxygen atoms in total. The molecule has 0 bridgehead atoms. The van der Waals surface area contributed by atoms with Gasteiger partial charge in [-0.05, 0) is 57.8 Å². The lowest BCUT2D eigenvalue weighted by molar-refractivity contribution is 0.0524. The van der Waals surface area contributed by atoms with Gasteiger partial charge < -0.3 is 9.47 Å². The summed E-state index contributed by atoms with van der Waals surface area (Å²) in [4.78, 5) is 23.4. The number of esters is 2. The van der Waals surface area contributed by atoms with Gasteiger partial charge in [-0.1, -0.05) is 0 Å². The topological polar surface area (TPSA) is 52.6 Å². The van der Waals surface area contributed by atoms with Crippen LogP contribution in [0.2, 0.25) is 0 Å². The van der Waals surface area contributed by atoms with Gasteiger partial charge in [-0.3, -0.25) is 0 Å². The molecule has 1 aromatic rings. The van der Waals surface area contributed by atoms with E-state index in [2.05, 4.69) is 31.9 Å². The van der Waals surface area contributed by atoms with Gasteiger partial charge in [-0.25, -0.2) is 9.59 Å². The molecule has 18 heavy (non-hydrogen) atoms. The molecular weight excluding hydrogens is 368 g/mol. The Bertz CT molecular complexity index is 471. The van der Waals surface area contributed by atoms with Crippen LogP contribution in [-0.4, -0.2) is 25.2 Å². The lowest BCUT2D eigenvalue weighted by Crippen LogP contribution is -2.10. The van der Waals surface area contributed by atoms with Gasteiger partial charge in [0.25, 0.3) is 0 Å². The minimum absolute atomic E-state index is 0.270. The summed E-state index contributed by atoms with van der Waals surface area (Å²) in [7, 11) is 0. The number of rotatable bonds is 4. The second-order valence-electron chi connectivity index (χ2n) is 3.26. The van der Waals surface area contributed by atoms with Crippen molar-refractivity contribution < 1.29 is 19.1 Å². The molecule has 0 unspecified atom stereocenters. The van der Waals surface area contributed by atoms with Crippen LogP contribution in [0.4, 0.5) is 0 Å². The molecule has 0 saturated heterocycles. The molecule has 98 valence electrons. The molecule has 0 atom stereocenters. The van der Waals surface area contributed by atoms with Crippen molar-refractivity contribution in [2.45, 2.75) is 13.8 Å². The number of halogens is 2. The fourth-order valence-electron chi connectivity index (χ4n) is 1.28. The number of hydrogen-bond donors (Lipinski definition) is 0. The average molecular weight is 380 g/mol. The lowest BCUT2D eigenvalue weighted by atomic mass is 10.1. The summed E-state index contributed by atoms with van der Waals surface area (Å²) in [5.41, 5.74) is 0.587. The van der Waals surface area contributed by atoms with Crippen molar-refractivity contribution in [2.75, 3.05) is 13.2 Å². The summed E-state index contributed by atoms with van der Waals surface area (Å²) in [6.07, 6.45) is 0. The van der Waals surface area contributed by atoms with E-state index < -0.39 is 11.9 Å². The third-order valence-corrected chi connectivity index (χ3v) is 4.05. The molecule has 0 aliphatic carbocycles. The van der Waals surface area contributed by atoms with E-state index in [-0.39, 0.29) is 18.8 Å². The highest BCUT2D eigenvalue weighted by atomic mass is 79.9. The number of ether oxygens (including phenoxy) is 2. The summed E-state index contributed by atoms with van der Waals surface area (Å²) < 4.78 is 11.0. The third kappa shape index (κ3) is 3.55. The minimum atomic E-state index is -0.490. The monoisotopic (exact) mass is 378 g/mol. The van der Waals surface area contributed by atoms with Crippen LogP contribution in [0.1, 0.15) is 34.6 Å². The van der Waals surface area contributed by atoms with Crippen molar-refractivity contribution in [3.8, 4) is 0 Å². The quantitative estimate of drug-likeness (QED) is 0.750. The second-order valence-corrected chi connectivity index (χ2v) is 4.91. The Morgan fingerprint density at radius 2 is 1.61 bits per heavy atom. The molecule has 0 heterocycles. The number of benzene rings is 1. The molecule has 6 heteroatoms.